The first-order valence-corrected chi connectivity index (χ1v) is 9.00. The number of hydrogen-bond acceptors (Lipinski definition) is 6. The number of rotatable bonds is 4. The number of benzene rings is 1. The van der Waals surface area contributed by atoms with Crippen molar-refractivity contribution in [2.45, 2.75) is 25.2 Å². The first-order valence-electron chi connectivity index (χ1n) is 9.00. The van der Waals surface area contributed by atoms with Gasteiger partial charge in [-0.25, -0.2) is 19.4 Å². The van der Waals surface area contributed by atoms with Crippen LogP contribution in [-0.2, 0) is 0 Å². The second kappa shape index (κ2) is 7.69. The molecule has 0 radical (unpaired) electrons. The number of aromatic nitrogens is 4. The highest BCUT2D eigenvalue weighted by molar-refractivity contribution is 5.80. The van der Waals surface area contributed by atoms with Crippen LogP contribution in [0.15, 0.2) is 36.8 Å². The van der Waals surface area contributed by atoms with Crippen molar-refractivity contribution in [3.63, 3.8) is 0 Å². The van der Waals surface area contributed by atoms with Crippen molar-refractivity contribution in [2.75, 3.05) is 13.1 Å². The van der Waals surface area contributed by atoms with Crippen LogP contribution in [0, 0.1) is 0 Å². The van der Waals surface area contributed by atoms with E-state index in [4.69, 9.17) is 9.84 Å². The average molecular weight is 423 g/mol. The maximum absolute atomic E-state index is 12.3. The summed E-state index contributed by atoms with van der Waals surface area (Å²) in [5, 5.41) is 14.0. The molecule has 3 aromatic rings. The van der Waals surface area contributed by atoms with Crippen molar-refractivity contribution >= 4 is 17.1 Å². The molecule has 1 aliphatic rings. The fourth-order valence-electron chi connectivity index (χ4n) is 3.31. The molecule has 2 aromatic heterocycles. The van der Waals surface area contributed by atoms with Crippen LogP contribution in [0.25, 0.3) is 11.0 Å². The Labute approximate surface area is 167 Å². The van der Waals surface area contributed by atoms with Crippen molar-refractivity contribution in [1.29, 1.82) is 0 Å². The topological polar surface area (TPSA) is 103 Å². The molecule has 158 valence electrons. The zero-order valence-electron chi connectivity index (χ0n) is 15.4. The number of alkyl halides is 3. The minimum atomic E-state index is -4.77. The minimum Gasteiger partial charge on any atom is -0.465 e. The molecule has 1 N–H and O–H groups in total. The molecule has 1 saturated heterocycles. The molecule has 1 fully saturated rings. The van der Waals surface area contributed by atoms with Crippen LogP contribution in [0.4, 0.5) is 18.0 Å². The largest absolute Gasteiger partial charge is 0.573 e. The van der Waals surface area contributed by atoms with Gasteiger partial charge in [0.25, 0.3) is 0 Å². The summed E-state index contributed by atoms with van der Waals surface area (Å²) in [5.74, 6) is 0.119. The van der Waals surface area contributed by atoms with Gasteiger partial charge in [-0.05, 0) is 37.1 Å². The van der Waals surface area contributed by atoms with Crippen LogP contribution in [-0.4, -0.2) is 55.3 Å². The van der Waals surface area contributed by atoms with E-state index in [9.17, 15) is 18.0 Å². The van der Waals surface area contributed by atoms with E-state index in [0.717, 1.165) is 12.1 Å². The third kappa shape index (κ3) is 4.21. The molecule has 1 amide bonds. The first-order chi connectivity index (χ1) is 14.3. The number of fused-ring (bicyclic) bond motifs is 1. The number of amides is 1. The van der Waals surface area contributed by atoms with Gasteiger partial charge in [0.2, 0.25) is 5.88 Å². The van der Waals surface area contributed by atoms with Gasteiger partial charge in [0.05, 0.1) is 12.2 Å². The third-order valence-electron chi connectivity index (χ3n) is 4.71. The molecule has 0 spiro atoms. The SMILES string of the molecule is O=C(O)N1CCC(n2ncc3c(Oc4ccc(OC(F)(F)F)cc4)ncnc32)CC1. The fourth-order valence-corrected chi connectivity index (χ4v) is 3.31. The molecule has 12 heteroatoms. The summed E-state index contributed by atoms with van der Waals surface area (Å²) in [6.07, 6.45) is -1.65. The Morgan fingerprint density at radius 1 is 1.10 bits per heavy atom. The lowest BCUT2D eigenvalue weighted by Gasteiger charge is -2.30. The van der Waals surface area contributed by atoms with E-state index in [1.807, 2.05) is 0 Å². The van der Waals surface area contributed by atoms with E-state index in [1.165, 1.54) is 23.4 Å². The van der Waals surface area contributed by atoms with Gasteiger partial charge >= 0.3 is 12.5 Å². The predicted molar refractivity (Wildman–Crippen MR) is 96.4 cm³/mol. The normalized spacial score (nSPS) is 15.4. The fraction of sp³-hybridized carbons (Fsp3) is 0.333. The Balaban J connectivity index is 1.52. The first kappa shape index (κ1) is 19.7. The maximum Gasteiger partial charge on any atom is 0.573 e. The number of hydrogen-bond donors (Lipinski definition) is 1. The zero-order valence-corrected chi connectivity index (χ0v) is 15.4. The monoisotopic (exact) mass is 423 g/mol. The Bertz CT molecular complexity index is 1050. The Kier molecular flexibility index (Phi) is 5.06. The summed E-state index contributed by atoms with van der Waals surface area (Å²) < 4.78 is 48.1. The Morgan fingerprint density at radius 3 is 2.40 bits per heavy atom. The molecule has 30 heavy (non-hydrogen) atoms. The molecule has 9 nitrogen and oxygen atoms in total. The van der Waals surface area contributed by atoms with Crippen LogP contribution in [0.5, 0.6) is 17.4 Å². The van der Waals surface area contributed by atoms with E-state index in [1.54, 1.807) is 10.9 Å². The summed E-state index contributed by atoms with van der Waals surface area (Å²) in [4.78, 5) is 20.8. The van der Waals surface area contributed by atoms with Gasteiger partial charge in [-0.15, -0.1) is 13.2 Å². The molecule has 4 rings (SSSR count). The number of carboxylic acid groups (broad SMARTS) is 1. The molecule has 0 unspecified atom stereocenters. The van der Waals surface area contributed by atoms with E-state index in [0.29, 0.717) is 37.0 Å². The quantitative estimate of drug-likeness (QED) is 0.680. The van der Waals surface area contributed by atoms with E-state index in [2.05, 4.69) is 19.8 Å². The molecule has 1 aliphatic heterocycles. The van der Waals surface area contributed by atoms with Crippen LogP contribution in [0.2, 0.25) is 0 Å². The Morgan fingerprint density at radius 2 is 1.77 bits per heavy atom. The van der Waals surface area contributed by atoms with E-state index >= 15 is 0 Å². The number of piperidine rings is 1. The summed E-state index contributed by atoms with van der Waals surface area (Å²) in [5.41, 5.74) is 0.533. The van der Waals surface area contributed by atoms with Gasteiger partial charge in [0.1, 0.15) is 23.2 Å². The second-order valence-electron chi connectivity index (χ2n) is 6.63. The molecule has 0 bridgehead atoms. The highest BCUT2D eigenvalue weighted by Crippen LogP contribution is 2.31. The smallest absolute Gasteiger partial charge is 0.465 e. The van der Waals surface area contributed by atoms with Gasteiger partial charge < -0.3 is 19.5 Å². The third-order valence-corrected chi connectivity index (χ3v) is 4.71. The summed E-state index contributed by atoms with van der Waals surface area (Å²) in [7, 11) is 0. The number of ether oxygens (including phenoxy) is 2. The standard InChI is InChI=1S/C18H16F3N5O4/c19-18(20,21)30-13-3-1-12(2-4-13)29-16-14-9-24-26(15(14)22-10-23-16)11-5-7-25(8-6-11)17(27)28/h1-4,9-11H,5-8H2,(H,27,28). The maximum atomic E-state index is 12.3. The molecular formula is C18H16F3N5O4. The van der Waals surface area contributed by atoms with Crippen LogP contribution in [0.3, 0.4) is 0 Å². The zero-order chi connectivity index (χ0) is 21.3. The molecule has 0 atom stereocenters. The molecule has 0 aliphatic carbocycles. The van der Waals surface area contributed by atoms with Crippen LogP contribution >= 0.6 is 0 Å². The van der Waals surface area contributed by atoms with Crippen LogP contribution in [0.1, 0.15) is 18.9 Å². The van der Waals surface area contributed by atoms with Gasteiger partial charge in [0, 0.05) is 13.1 Å². The lowest BCUT2D eigenvalue weighted by atomic mass is 10.1. The van der Waals surface area contributed by atoms with Gasteiger partial charge in [-0.3, -0.25) is 0 Å². The molecule has 1 aromatic carbocycles. The van der Waals surface area contributed by atoms with Crippen molar-refractivity contribution < 1.29 is 32.5 Å². The highest BCUT2D eigenvalue weighted by Gasteiger charge is 2.31. The molecular weight excluding hydrogens is 407 g/mol. The van der Waals surface area contributed by atoms with Crippen molar-refractivity contribution in [3.8, 4) is 17.4 Å². The van der Waals surface area contributed by atoms with Gasteiger partial charge in [-0.1, -0.05) is 0 Å². The second-order valence-corrected chi connectivity index (χ2v) is 6.63. The number of carbonyl (C=O) groups is 1. The highest BCUT2D eigenvalue weighted by atomic mass is 19.4. The number of likely N-dealkylation sites (tertiary alicyclic amines) is 1. The van der Waals surface area contributed by atoms with Gasteiger partial charge in [0.15, 0.2) is 5.65 Å². The van der Waals surface area contributed by atoms with Crippen LogP contribution < -0.4 is 9.47 Å². The molecule has 0 saturated carbocycles. The van der Waals surface area contributed by atoms with Gasteiger partial charge in [-0.2, -0.15) is 5.10 Å². The Hall–Kier alpha value is -3.57. The van der Waals surface area contributed by atoms with E-state index in [-0.39, 0.29) is 23.4 Å². The average Bonchev–Trinajstić information content (AvgIpc) is 3.14. The molecule has 3 heterocycles. The van der Waals surface area contributed by atoms with Crippen molar-refractivity contribution in [3.05, 3.63) is 36.8 Å². The van der Waals surface area contributed by atoms with E-state index < -0.39 is 12.5 Å². The summed E-state index contributed by atoms with van der Waals surface area (Å²) in [6, 6.07) is 4.93. The number of nitrogens with zero attached hydrogens (tertiary/aromatic N) is 5. The lowest BCUT2D eigenvalue weighted by molar-refractivity contribution is -0.274. The minimum absolute atomic E-state index is 0.0142. The summed E-state index contributed by atoms with van der Waals surface area (Å²) >= 11 is 0. The van der Waals surface area contributed by atoms with Crippen molar-refractivity contribution in [2.24, 2.45) is 0 Å². The summed E-state index contributed by atoms with van der Waals surface area (Å²) in [6.45, 7) is 0.810. The predicted octanol–water partition coefficient (Wildman–Crippen LogP) is 3.83. The number of halogens is 3. The van der Waals surface area contributed by atoms with Crippen molar-refractivity contribution in [1.82, 2.24) is 24.6 Å². The lowest BCUT2D eigenvalue weighted by Crippen LogP contribution is -2.38.